The maximum atomic E-state index is 12.9. The SMILES string of the molecule is CC(C)(C)C1CC2=C(CN(C(C)(C)C)C1=O)N=CC2. The molecule has 2 rings (SSSR count). The van der Waals surface area contributed by atoms with E-state index in [0.29, 0.717) is 6.54 Å². The fraction of sp³-hybridized carbons (Fsp3) is 0.750. The average Bonchev–Trinajstić information content (AvgIpc) is 2.60. The summed E-state index contributed by atoms with van der Waals surface area (Å²) in [4.78, 5) is 19.4. The molecule has 0 bridgehead atoms. The van der Waals surface area contributed by atoms with Crippen LogP contribution in [0.4, 0.5) is 0 Å². The topological polar surface area (TPSA) is 32.7 Å². The molecule has 0 fully saturated rings. The maximum absolute atomic E-state index is 12.9. The Morgan fingerprint density at radius 3 is 2.37 bits per heavy atom. The van der Waals surface area contributed by atoms with Crippen molar-refractivity contribution in [3.8, 4) is 0 Å². The molecule has 0 radical (unpaired) electrons. The molecule has 2 heterocycles. The number of amides is 1. The molecule has 1 amide bonds. The highest BCUT2D eigenvalue weighted by molar-refractivity contribution is 5.82. The maximum Gasteiger partial charge on any atom is 0.227 e. The molecule has 3 nitrogen and oxygen atoms in total. The monoisotopic (exact) mass is 262 g/mol. The number of rotatable bonds is 0. The lowest BCUT2D eigenvalue weighted by Crippen LogP contribution is -2.50. The zero-order valence-electron chi connectivity index (χ0n) is 13.1. The molecule has 19 heavy (non-hydrogen) atoms. The van der Waals surface area contributed by atoms with Gasteiger partial charge in [-0.2, -0.15) is 0 Å². The molecule has 106 valence electrons. The molecule has 2 aliphatic rings. The number of carbonyl (C=O) groups is 1. The van der Waals surface area contributed by atoms with Crippen molar-refractivity contribution in [2.75, 3.05) is 6.54 Å². The Balaban J connectivity index is 2.41. The summed E-state index contributed by atoms with van der Waals surface area (Å²) >= 11 is 0. The highest BCUT2D eigenvalue weighted by Crippen LogP contribution is 2.39. The van der Waals surface area contributed by atoms with Crippen molar-refractivity contribution in [2.24, 2.45) is 16.3 Å². The van der Waals surface area contributed by atoms with E-state index in [1.165, 1.54) is 5.57 Å². The van der Waals surface area contributed by atoms with Crippen LogP contribution in [0.25, 0.3) is 0 Å². The van der Waals surface area contributed by atoms with Crippen molar-refractivity contribution < 1.29 is 4.79 Å². The van der Waals surface area contributed by atoms with Crippen LogP contribution in [0.2, 0.25) is 0 Å². The van der Waals surface area contributed by atoms with Gasteiger partial charge in [0.05, 0.1) is 12.2 Å². The molecule has 3 heteroatoms. The molecular weight excluding hydrogens is 236 g/mol. The first kappa shape index (κ1) is 14.3. The van der Waals surface area contributed by atoms with Gasteiger partial charge in [-0.3, -0.25) is 9.79 Å². The van der Waals surface area contributed by atoms with Crippen LogP contribution in [-0.4, -0.2) is 29.1 Å². The smallest absolute Gasteiger partial charge is 0.227 e. The summed E-state index contributed by atoms with van der Waals surface area (Å²) in [6.07, 6.45) is 3.78. The summed E-state index contributed by atoms with van der Waals surface area (Å²) in [5, 5.41) is 0. The molecule has 0 saturated carbocycles. The third-order valence-corrected chi connectivity index (χ3v) is 4.17. The standard InChI is InChI=1S/C16H26N2O/c1-15(2,3)12-9-11-7-8-17-13(11)10-18(14(12)19)16(4,5)6/h8,12H,7,9-10H2,1-6H3. The van der Waals surface area contributed by atoms with Gasteiger partial charge in [0.25, 0.3) is 0 Å². The van der Waals surface area contributed by atoms with Crippen LogP contribution in [0.15, 0.2) is 16.3 Å². The predicted octanol–water partition coefficient (Wildman–Crippen LogP) is 3.41. The minimum Gasteiger partial charge on any atom is -0.332 e. The van der Waals surface area contributed by atoms with Gasteiger partial charge in [0.15, 0.2) is 0 Å². The van der Waals surface area contributed by atoms with Gasteiger partial charge in [0.1, 0.15) is 0 Å². The number of carbonyl (C=O) groups excluding carboxylic acids is 1. The summed E-state index contributed by atoms with van der Waals surface area (Å²) < 4.78 is 0. The lowest BCUT2D eigenvalue weighted by atomic mass is 9.76. The highest BCUT2D eigenvalue weighted by atomic mass is 16.2. The van der Waals surface area contributed by atoms with E-state index in [2.05, 4.69) is 46.5 Å². The first-order valence-electron chi connectivity index (χ1n) is 7.15. The van der Waals surface area contributed by atoms with Crippen LogP contribution in [0.5, 0.6) is 0 Å². The van der Waals surface area contributed by atoms with E-state index in [1.807, 2.05) is 11.1 Å². The van der Waals surface area contributed by atoms with Crippen molar-refractivity contribution in [1.82, 2.24) is 4.90 Å². The minimum absolute atomic E-state index is 0.00831. The van der Waals surface area contributed by atoms with E-state index in [-0.39, 0.29) is 22.8 Å². The lowest BCUT2D eigenvalue weighted by Gasteiger charge is -2.39. The molecule has 2 aliphatic heterocycles. The summed E-state index contributed by atoms with van der Waals surface area (Å²) in [6.45, 7) is 13.5. The first-order valence-corrected chi connectivity index (χ1v) is 7.15. The van der Waals surface area contributed by atoms with Crippen molar-refractivity contribution in [2.45, 2.75) is 59.9 Å². The van der Waals surface area contributed by atoms with E-state index in [1.54, 1.807) is 0 Å². The second kappa shape index (κ2) is 4.46. The summed E-state index contributed by atoms with van der Waals surface area (Å²) in [7, 11) is 0. The molecule has 0 aromatic heterocycles. The molecule has 0 aromatic carbocycles. The van der Waals surface area contributed by atoms with Crippen LogP contribution in [-0.2, 0) is 4.79 Å². The predicted molar refractivity (Wildman–Crippen MR) is 79.2 cm³/mol. The van der Waals surface area contributed by atoms with E-state index >= 15 is 0 Å². The molecule has 0 N–H and O–H groups in total. The third kappa shape index (κ3) is 2.75. The number of aliphatic imine (C=N–C) groups is 1. The number of nitrogens with zero attached hydrogens (tertiary/aromatic N) is 2. The average molecular weight is 262 g/mol. The molecule has 0 spiro atoms. The third-order valence-electron chi connectivity index (χ3n) is 4.17. The van der Waals surface area contributed by atoms with Gasteiger partial charge >= 0.3 is 0 Å². The fourth-order valence-electron chi connectivity index (χ4n) is 2.82. The zero-order chi connectivity index (χ0) is 14.4. The van der Waals surface area contributed by atoms with E-state index in [4.69, 9.17) is 0 Å². The molecule has 1 unspecified atom stereocenters. The number of allylic oxidation sites excluding steroid dienone is 1. The van der Waals surface area contributed by atoms with Crippen LogP contribution >= 0.6 is 0 Å². The van der Waals surface area contributed by atoms with Gasteiger partial charge in [0.2, 0.25) is 5.91 Å². The normalized spacial score (nSPS) is 24.8. The van der Waals surface area contributed by atoms with Crippen LogP contribution < -0.4 is 0 Å². The number of hydrogen-bond donors (Lipinski definition) is 0. The van der Waals surface area contributed by atoms with Crippen molar-refractivity contribution in [3.05, 3.63) is 11.3 Å². The number of hydrogen-bond acceptors (Lipinski definition) is 2. The van der Waals surface area contributed by atoms with Gasteiger partial charge in [-0.25, -0.2) is 0 Å². The summed E-state index contributed by atoms with van der Waals surface area (Å²) in [5.74, 6) is 0.338. The van der Waals surface area contributed by atoms with Gasteiger partial charge in [-0.05, 0) is 38.2 Å². The van der Waals surface area contributed by atoms with Crippen LogP contribution in [0.3, 0.4) is 0 Å². The zero-order valence-corrected chi connectivity index (χ0v) is 13.1. The largest absolute Gasteiger partial charge is 0.332 e. The fourth-order valence-corrected chi connectivity index (χ4v) is 2.82. The van der Waals surface area contributed by atoms with Crippen molar-refractivity contribution in [3.63, 3.8) is 0 Å². The molecule has 0 aliphatic carbocycles. The highest BCUT2D eigenvalue weighted by Gasteiger charge is 2.41. The van der Waals surface area contributed by atoms with Crippen LogP contribution in [0, 0.1) is 11.3 Å². The van der Waals surface area contributed by atoms with Gasteiger partial charge < -0.3 is 4.90 Å². The molecular formula is C16H26N2O. The van der Waals surface area contributed by atoms with Crippen LogP contribution in [0.1, 0.15) is 54.4 Å². The molecule has 1 atom stereocenters. The van der Waals surface area contributed by atoms with E-state index in [0.717, 1.165) is 18.5 Å². The van der Waals surface area contributed by atoms with Crippen molar-refractivity contribution >= 4 is 12.1 Å². The molecule has 0 aromatic rings. The second-order valence-corrected chi connectivity index (χ2v) is 7.78. The van der Waals surface area contributed by atoms with Crippen molar-refractivity contribution in [1.29, 1.82) is 0 Å². The Hall–Kier alpha value is -1.12. The molecule has 0 saturated heterocycles. The Bertz CT molecular complexity index is 446. The first-order chi connectivity index (χ1) is 8.60. The Morgan fingerprint density at radius 1 is 1.21 bits per heavy atom. The van der Waals surface area contributed by atoms with E-state index in [9.17, 15) is 4.79 Å². The Morgan fingerprint density at radius 2 is 1.84 bits per heavy atom. The lowest BCUT2D eigenvalue weighted by molar-refractivity contribution is -0.142. The van der Waals surface area contributed by atoms with Gasteiger partial charge in [-0.15, -0.1) is 0 Å². The Kier molecular flexibility index (Phi) is 3.36. The summed E-state index contributed by atoms with van der Waals surface area (Å²) in [5.41, 5.74) is 2.32. The van der Waals surface area contributed by atoms with E-state index < -0.39 is 0 Å². The minimum atomic E-state index is -0.152. The quantitative estimate of drug-likeness (QED) is 0.658. The summed E-state index contributed by atoms with van der Waals surface area (Å²) in [6, 6.07) is 0. The van der Waals surface area contributed by atoms with Gasteiger partial charge in [0, 0.05) is 24.1 Å². The Labute approximate surface area is 116 Å². The van der Waals surface area contributed by atoms with Gasteiger partial charge in [-0.1, -0.05) is 20.8 Å². The second-order valence-electron chi connectivity index (χ2n) is 7.78.